The number of thiocarbonyl (C=S) groups is 1. The fourth-order valence-electron chi connectivity index (χ4n) is 1.77. The summed E-state index contributed by atoms with van der Waals surface area (Å²) in [5, 5.41) is 6.24. The first kappa shape index (κ1) is 18.3. The van der Waals surface area contributed by atoms with Gasteiger partial charge in [-0.3, -0.25) is 4.79 Å². The fourth-order valence-corrected chi connectivity index (χ4v) is 2.94. The number of hydrogen-bond acceptors (Lipinski definition) is 6. The van der Waals surface area contributed by atoms with Crippen molar-refractivity contribution in [3.8, 4) is 0 Å². The van der Waals surface area contributed by atoms with Crippen molar-refractivity contribution >= 4 is 55.9 Å². The molecule has 2 aromatic rings. The average Bonchev–Trinajstić information content (AvgIpc) is 2.86. The van der Waals surface area contributed by atoms with Crippen LogP contribution in [0.15, 0.2) is 18.2 Å². The van der Waals surface area contributed by atoms with Crippen molar-refractivity contribution in [2.24, 2.45) is 5.92 Å². The first-order valence-corrected chi connectivity index (χ1v) is 8.72. The molecular weight excluding hydrogens is 346 g/mol. The lowest BCUT2D eigenvalue weighted by Crippen LogP contribution is -2.36. The average molecular weight is 365 g/mol. The zero-order valence-electron chi connectivity index (χ0n) is 13.9. The van der Waals surface area contributed by atoms with Gasteiger partial charge in [0, 0.05) is 5.92 Å². The van der Waals surface area contributed by atoms with Gasteiger partial charge in [-0.05, 0) is 44.3 Å². The Morgan fingerprint density at radius 2 is 1.96 bits per heavy atom. The Labute approximate surface area is 149 Å². The van der Waals surface area contributed by atoms with Crippen molar-refractivity contribution in [2.75, 3.05) is 5.32 Å². The molecule has 24 heavy (non-hydrogen) atoms. The molecule has 0 aliphatic carbocycles. The molecule has 0 atom stereocenters. The molecule has 0 saturated carbocycles. The Hall–Kier alpha value is -2.06. The van der Waals surface area contributed by atoms with Crippen molar-refractivity contribution in [1.82, 2.24) is 10.3 Å². The number of thiazole rings is 1. The summed E-state index contributed by atoms with van der Waals surface area (Å²) < 4.78 is 6.01. The van der Waals surface area contributed by atoms with Crippen molar-refractivity contribution < 1.29 is 14.3 Å². The molecule has 1 heterocycles. The molecule has 8 heteroatoms. The minimum atomic E-state index is -0.366. The second kappa shape index (κ2) is 7.67. The molecule has 0 fully saturated rings. The number of fused-ring (bicyclic) bond motifs is 1. The summed E-state index contributed by atoms with van der Waals surface area (Å²) in [5.74, 6) is -0.684. The third kappa shape index (κ3) is 4.72. The number of aromatic nitrogens is 1. The second-order valence-corrected chi connectivity index (χ2v) is 7.19. The Morgan fingerprint density at radius 3 is 2.58 bits per heavy atom. The van der Waals surface area contributed by atoms with E-state index in [1.165, 1.54) is 11.3 Å². The van der Waals surface area contributed by atoms with Crippen LogP contribution in [-0.2, 0) is 9.53 Å². The van der Waals surface area contributed by atoms with Crippen LogP contribution in [-0.4, -0.2) is 28.1 Å². The van der Waals surface area contributed by atoms with Gasteiger partial charge in [-0.1, -0.05) is 25.2 Å². The molecule has 0 saturated heterocycles. The number of amides is 1. The van der Waals surface area contributed by atoms with Crippen LogP contribution in [0.5, 0.6) is 0 Å². The first-order valence-electron chi connectivity index (χ1n) is 7.49. The van der Waals surface area contributed by atoms with Gasteiger partial charge in [0.05, 0.1) is 21.9 Å². The Kier molecular flexibility index (Phi) is 5.84. The number of anilines is 1. The van der Waals surface area contributed by atoms with Gasteiger partial charge in [0.15, 0.2) is 10.2 Å². The summed E-state index contributed by atoms with van der Waals surface area (Å²) in [6.07, 6.45) is -0.172. The van der Waals surface area contributed by atoms with Crippen LogP contribution in [0.4, 0.5) is 5.13 Å². The maximum atomic E-state index is 11.9. The molecule has 2 N–H and O–H groups in total. The molecule has 128 valence electrons. The number of carbonyl (C=O) groups excluding carboxylic acids is 2. The zero-order valence-corrected chi connectivity index (χ0v) is 15.5. The zero-order chi connectivity index (χ0) is 17.9. The van der Waals surface area contributed by atoms with Crippen LogP contribution >= 0.6 is 23.6 Å². The molecule has 0 aliphatic heterocycles. The standard InChI is InChI=1S/C16H19N3O3S2/c1-8(2)13(20)18-15(23)19-16-17-11-6-5-10(7-12(11)24-16)14(21)22-9(3)4/h5-9H,1-4H3,(H2,17,18,19,20,23). The summed E-state index contributed by atoms with van der Waals surface area (Å²) in [6.45, 7) is 7.18. The lowest BCUT2D eigenvalue weighted by molar-refractivity contribution is -0.122. The van der Waals surface area contributed by atoms with Crippen molar-refractivity contribution in [2.45, 2.75) is 33.8 Å². The quantitative estimate of drug-likeness (QED) is 0.639. The summed E-state index contributed by atoms with van der Waals surface area (Å²) in [7, 11) is 0. The number of carbonyl (C=O) groups is 2. The molecule has 0 unspecified atom stereocenters. The molecule has 0 bridgehead atoms. The highest BCUT2D eigenvalue weighted by molar-refractivity contribution is 7.80. The van der Waals surface area contributed by atoms with Gasteiger partial charge >= 0.3 is 5.97 Å². The van der Waals surface area contributed by atoms with Gasteiger partial charge in [0.2, 0.25) is 5.91 Å². The van der Waals surface area contributed by atoms with Crippen LogP contribution < -0.4 is 10.6 Å². The fraction of sp³-hybridized carbons (Fsp3) is 0.375. The monoisotopic (exact) mass is 365 g/mol. The molecule has 6 nitrogen and oxygen atoms in total. The Balaban J connectivity index is 2.12. The van der Waals surface area contributed by atoms with E-state index in [4.69, 9.17) is 17.0 Å². The Bertz CT molecular complexity index is 784. The first-order chi connectivity index (χ1) is 11.3. The minimum absolute atomic E-state index is 0.158. The number of hydrogen-bond donors (Lipinski definition) is 2. The number of nitrogens with one attached hydrogen (secondary N) is 2. The van der Waals surface area contributed by atoms with Crippen molar-refractivity contribution in [1.29, 1.82) is 0 Å². The summed E-state index contributed by atoms with van der Waals surface area (Å²) in [5.41, 5.74) is 1.21. The number of esters is 1. The van der Waals surface area contributed by atoms with E-state index in [1.54, 1.807) is 45.9 Å². The largest absolute Gasteiger partial charge is 0.459 e. The topological polar surface area (TPSA) is 80.3 Å². The van der Waals surface area contributed by atoms with E-state index in [0.717, 1.165) is 10.2 Å². The van der Waals surface area contributed by atoms with Crippen LogP contribution in [0, 0.1) is 5.92 Å². The molecule has 1 aromatic carbocycles. The van der Waals surface area contributed by atoms with Gasteiger partial charge in [-0.15, -0.1) is 0 Å². The summed E-state index contributed by atoms with van der Waals surface area (Å²) >= 11 is 6.44. The van der Waals surface area contributed by atoms with Crippen LogP contribution in [0.3, 0.4) is 0 Å². The third-order valence-corrected chi connectivity index (χ3v) is 4.09. The predicted octanol–water partition coefficient (Wildman–Crippen LogP) is 3.33. The second-order valence-electron chi connectivity index (χ2n) is 5.75. The molecule has 1 aromatic heterocycles. The molecular formula is C16H19N3O3S2. The van der Waals surface area contributed by atoms with E-state index in [9.17, 15) is 9.59 Å². The van der Waals surface area contributed by atoms with Gasteiger partial charge in [-0.25, -0.2) is 9.78 Å². The van der Waals surface area contributed by atoms with E-state index in [0.29, 0.717) is 10.7 Å². The Morgan fingerprint density at radius 1 is 1.25 bits per heavy atom. The van der Waals surface area contributed by atoms with Crippen LogP contribution in [0.25, 0.3) is 10.2 Å². The van der Waals surface area contributed by atoms with Gasteiger partial charge < -0.3 is 15.4 Å². The molecule has 2 rings (SSSR count). The normalized spacial score (nSPS) is 10.9. The minimum Gasteiger partial charge on any atom is -0.459 e. The molecule has 0 spiro atoms. The number of ether oxygens (including phenoxy) is 1. The third-order valence-electron chi connectivity index (χ3n) is 2.95. The van der Waals surface area contributed by atoms with Crippen molar-refractivity contribution in [3.05, 3.63) is 23.8 Å². The predicted molar refractivity (Wildman–Crippen MR) is 99.4 cm³/mol. The van der Waals surface area contributed by atoms with E-state index >= 15 is 0 Å². The number of nitrogens with zero attached hydrogens (tertiary/aromatic N) is 1. The number of rotatable bonds is 4. The lowest BCUT2D eigenvalue weighted by Gasteiger charge is -2.08. The number of benzene rings is 1. The molecule has 1 amide bonds. The van der Waals surface area contributed by atoms with Crippen LogP contribution in [0.2, 0.25) is 0 Å². The van der Waals surface area contributed by atoms with Gasteiger partial charge in [0.1, 0.15) is 0 Å². The summed E-state index contributed by atoms with van der Waals surface area (Å²) in [4.78, 5) is 27.9. The van der Waals surface area contributed by atoms with Crippen molar-refractivity contribution in [3.63, 3.8) is 0 Å². The van der Waals surface area contributed by atoms with Gasteiger partial charge in [-0.2, -0.15) is 0 Å². The SMILES string of the molecule is CC(C)OC(=O)c1ccc2nc(NC(=S)NC(=O)C(C)C)sc2c1. The van der Waals surface area contributed by atoms with Crippen LogP contribution in [0.1, 0.15) is 38.1 Å². The maximum absolute atomic E-state index is 11.9. The van der Waals surface area contributed by atoms with E-state index < -0.39 is 0 Å². The van der Waals surface area contributed by atoms with Gasteiger partial charge in [0.25, 0.3) is 0 Å². The highest BCUT2D eigenvalue weighted by Gasteiger charge is 2.13. The smallest absolute Gasteiger partial charge is 0.338 e. The lowest BCUT2D eigenvalue weighted by atomic mass is 10.2. The van der Waals surface area contributed by atoms with E-state index in [-0.39, 0.29) is 29.0 Å². The highest BCUT2D eigenvalue weighted by Crippen LogP contribution is 2.27. The molecule has 0 aliphatic rings. The highest BCUT2D eigenvalue weighted by atomic mass is 32.1. The summed E-state index contributed by atoms with van der Waals surface area (Å²) in [6, 6.07) is 5.16. The molecule has 0 radical (unpaired) electrons. The van der Waals surface area contributed by atoms with E-state index in [2.05, 4.69) is 15.6 Å². The maximum Gasteiger partial charge on any atom is 0.338 e. The van der Waals surface area contributed by atoms with E-state index in [1.807, 2.05) is 0 Å².